The molecule has 1 rings (SSSR count). The summed E-state index contributed by atoms with van der Waals surface area (Å²) in [4.78, 5) is 10.2. The van der Waals surface area contributed by atoms with Gasteiger partial charge in [-0.15, -0.1) is 0 Å². The molecular formula is C12H11F5O3. The molecule has 0 aliphatic heterocycles. The Kier molecular flexibility index (Phi) is 4.26. The number of alkyl halides is 3. The molecule has 8 heteroatoms. The third kappa shape index (κ3) is 3.17. The van der Waals surface area contributed by atoms with Crippen molar-refractivity contribution in [2.24, 2.45) is 0 Å². The van der Waals surface area contributed by atoms with Crippen LogP contribution in [0.3, 0.4) is 0 Å². The molecule has 0 saturated carbocycles. The normalized spacial score (nSPS) is 12.3. The molecule has 0 bridgehead atoms. The van der Waals surface area contributed by atoms with Crippen molar-refractivity contribution in [2.75, 3.05) is 6.61 Å². The molecule has 0 aliphatic carbocycles. The molecule has 0 radical (unpaired) electrons. The zero-order valence-corrected chi connectivity index (χ0v) is 10.5. The van der Waals surface area contributed by atoms with E-state index in [1.165, 1.54) is 0 Å². The number of benzene rings is 1. The van der Waals surface area contributed by atoms with Crippen molar-refractivity contribution >= 4 is 5.97 Å². The lowest BCUT2D eigenvalue weighted by atomic mass is 9.83. The van der Waals surface area contributed by atoms with Crippen molar-refractivity contribution < 1.29 is 36.6 Å². The highest BCUT2D eigenvalue weighted by Crippen LogP contribution is 2.43. The summed E-state index contributed by atoms with van der Waals surface area (Å²) >= 11 is 0. The highest BCUT2D eigenvalue weighted by molar-refractivity contribution is 5.68. The molecule has 0 aromatic heterocycles. The average molecular weight is 298 g/mol. The first-order valence-electron chi connectivity index (χ1n) is 5.37. The number of carboxylic acids is 1. The van der Waals surface area contributed by atoms with Crippen molar-refractivity contribution in [1.82, 2.24) is 0 Å². The molecule has 1 aromatic rings. The first-order valence-corrected chi connectivity index (χ1v) is 5.37. The van der Waals surface area contributed by atoms with Crippen LogP contribution in [0.4, 0.5) is 22.0 Å². The maximum atomic E-state index is 13.7. The SMILES string of the molecule is CC(C)(c1c(F)cc(OCC(=O)O)cc1F)C(F)(F)F. The Morgan fingerprint density at radius 1 is 1.20 bits per heavy atom. The van der Waals surface area contributed by atoms with Crippen LogP contribution in [-0.4, -0.2) is 23.9 Å². The molecule has 0 heterocycles. The maximum absolute atomic E-state index is 13.7. The monoisotopic (exact) mass is 298 g/mol. The Morgan fingerprint density at radius 3 is 2.00 bits per heavy atom. The standard InChI is InChI=1S/C12H11F5O3/c1-11(2,12(15,16)17)10-7(13)3-6(4-8(10)14)20-5-9(18)19/h3-4H,5H2,1-2H3,(H,18,19). The van der Waals surface area contributed by atoms with Crippen molar-refractivity contribution in [3.05, 3.63) is 29.3 Å². The van der Waals surface area contributed by atoms with Gasteiger partial charge >= 0.3 is 12.1 Å². The van der Waals surface area contributed by atoms with Crippen LogP contribution in [0.25, 0.3) is 0 Å². The fourth-order valence-corrected chi connectivity index (χ4v) is 1.52. The van der Waals surface area contributed by atoms with Gasteiger partial charge in [0.05, 0.1) is 5.41 Å². The fourth-order valence-electron chi connectivity index (χ4n) is 1.52. The van der Waals surface area contributed by atoms with Gasteiger partial charge in [-0.1, -0.05) is 0 Å². The Hall–Kier alpha value is -1.86. The van der Waals surface area contributed by atoms with Crippen LogP contribution in [-0.2, 0) is 10.2 Å². The minimum absolute atomic E-state index is 0.496. The average Bonchev–Trinajstić information content (AvgIpc) is 2.23. The third-order valence-electron chi connectivity index (χ3n) is 2.71. The van der Waals surface area contributed by atoms with Gasteiger partial charge in [0.25, 0.3) is 0 Å². The van der Waals surface area contributed by atoms with Crippen molar-refractivity contribution in [1.29, 1.82) is 0 Å². The van der Waals surface area contributed by atoms with Gasteiger partial charge in [-0.25, -0.2) is 13.6 Å². The number of rotatable bonds is 4. The Morgan fingerprint density at radius 2 is 1.65 bits per heavy atom. The molecule has 20 heavy (non-hydrogen) atoms. The first kappa shape index (κ1) is 16.2. The third-order valence-corrected chi connectivity index (χ3v) is 2.71. The molecule has 0 amide bonds. The van der Waals surface area contributed by atoms with Crippen molar-refractivity contribution in [3.63, 3.8) is 0 Å². The van der Waals surface area contributed by atoms with E-state index in [1.54, 1.807) is 0 Å². The molecular weight excluding hydrogens is 287 g/mol. The minimum atomic E-state index is -4.85. The van der Waals surface area contributed by atoms with E-state index in [4.69, 9.17) is 5.11 Å². The quantitative estimate of drug-likeness (QED) is 0.868. The summed E-state index contributed by atoms with van der Waals surface area (Å²) in [5, 5.41) is 8.34. The second-order valence-corrected chi connectivity index (χ2v) is 4.57. The van der Waals surface area contributed by atoms with E-state index < -0.39 is 47.1 Å². The summed E-state index contributed by atoms with van der Waals surface area (Å²) in [5.41, 5.74) is -3.88. The predicted octanol–water partition coefficient (Wildman–Crippen LogP) is 3.27. The van der Waals surface area contributed by atoms with Crippen LogP contribution in [0.5, 0.6) is 5.75 Å². The van der Waals surface area contributed by atoms with Crippen LogP contribution < -0.4 is 4.74 Å². The highest BCUT2D eigenvalue weighted by Gasteiger charge is 2.51. The number of hydrogen-bond acceptors (Lipinski definition) is 2. The Bertz CT molecular complexity index is 499. The smallest absolute Gasteiger partial charge is 0.398 e. The number of hydrogen-bond donors (Lipinski definition) is 1. The second-order valence-electron chi connectivity index (χ2n) is 4.57. The van der Waals surface area contributed by atoms with Gasteiger partial charge in [0.1, 0.15) is 17.4 Å². The second kappa shape index (κ2) is 5.26. The lowest BCUT2D eigenvalue weighted by Crippen LogP contribution is -2.38. The van der Waals surface area contributed by atoms with Crippen LogP contribution in [0, 0.1) is 11.6 Å². The topological polar surface area (TPSA) is 46.5 Å². The van der Waals surface area contributed by atoms with E-state index in [9.17, 15) is 26.7 Å². The van der Waals surface area contributed by atoms with E-state index in [2.05, 4.69) is 4.74 Å². The molecule has 0 unspecified atom stereocenters. The van der Waals surface area contributed by atoms with Crippen molar-refractivity contribution in [2.45, 2.75) is 25.4 Å². The zero-order chi connectivity index (χ0) is 15.7. The molecule has 1 N–H and O–H groups in total. The molecule has 0 fully saturated rings. The molecule has 0 aliphatic rings. The van der Waals surface area contributed by atoms with Gasteiger partial charge in [-0.05, 0) is 13.8 Å². The summed E-state index contributed by atoms with van der Waals surface area (Å²) in [6, 6.07) is 1.05. The fraction of sp³-hybridized carbons (Fsp3) is 0.417. The summed E-state index contributed by atoms with van der Waals surface area (Å²) in [5.74, 6) is -4.78. The summed E-state index contributed by atoms with van der Waals surface area (Å²) in [6.45, 7) is 0.430. The van der Waals surface area contributed by atoms with Gasteiger partial charge in [-0.2, -0.15) is 13.2 Å². The summed E-state index contributed by atoms with van der Waals surface area (Å²) < 4.78 is 70.3. The van der Waals surface area contributed by atoms with Gasteiger partial charge in [0.2, 0.25) is 0 Å². The first-order chi connectivity index (χ1) is 8.96. The summed E-state index contributed by atoms with van der Waals surface area (Å²) in [6.07, 6.45) is -4.85. The van der Waals surface area contributed by atoms with Crippen molar-refractivity contribution in [3.8, 4) is 5.75 Å². The van der Waals surface area contributed by atoms with Crippen LogP contribution in [0.2, 0.25) is 0 Å². The number of carboxylic acid groups (broad SMARTS) is 1. The Balaban J connectivity index is 3.22. The highest BCUT2D eigenvalue weighted by atomic mass is 19.4. The van der Waals surface area contributed by atoms with Crippen LogP contribution in [0.1, 0.15) is 19.4 Å². The lowest BCUT2D eigenvalue weighted by Gasteiger charge is -2.29. The molecule has 0 atom stereocenters. The summed E-state index contributed by atoms with van der Waals surface area (Å²) in [7, 11) is 0. The van der Waals surface area contributed by atoms with Gasteiger partial charge in [0.15, 0.2) is 6.61 Å². The lowest BCUT2D eigenvalue weighted by molar-refractivity contribution is -0.181. The minimum Gasteiger partial charge on any atom is -0.482 e. The van der Waals surface area contributed by atoms with E-state index in [0.717, 1.165) is 0 Å². The van der Waals surface area contributed by atoms with E-state index in [1.807, 2.05) is 0 Å². The molecule has 0 saturated heterocycles. The largest absolute Gasteiger partial charge is 0.482 e. The van der Waals surface area contributed by atoms with Crippen LogP contribution >= 0.6 is 0 Å². The maximum Gasteiger partial charge on any atom is 0.398 e. The van der Waals surface area contributed by atoms with E-state index in [-0.39, 0.29) is 0 Å². The number of carbonyl (C=O) groups is 1. The predicted molar refractivity (Wildman–Crippen MR) is 58.6 cm³/mol. The number of ether oxygens (including phenoxy) is 1. The number of aliphatic carboxylic acids is 1. The number of halogens is 5. The zero-order valence-electron chi connectivity index (χ0n) is 10.5. The van der Waals surface area contributed by atoms with Gasteiger partial charge in [-0.3, -0.25) is 0 Å². The molecule has 0 spiro atoms. The molecule has 112 valence electrons. The Labute approximate surface area is 111 Å². The molecule has 1 aromatic carbocycles. The van der Waals surface area contributed by atoms with Gasteiger partial charge in [0, 0.05) is 17.7 Å². The van der Waals surface area contributed by atoms with E-state index >= 15 is 0 Å². The van der Waals surface area contributed by atoms with Gasteiger partial charge < -0.3 is 9.84 Å². The van der Waals surface area contributed by atoms with Crippen LogP contribution in [0.15, 0.2) is 12.1 Å². The molecule has 3 nitrogen and oxygen atoms in total. The van der Waals surface area contributed by atoms with E-state index in [0.29, 0.717) is 26.0 Å².